The summed E-state index contributed by atoms with van der Waals surface area (Å²) < 4.78 is 4.84. The maximum Gasteiger partial charge on any atom is 0.226 e. The van der Waals surface area contributed by atoms with Crippen molar-refractivity contribution < 1.29 is 9.53 Å². The van der Waals surface area contributed by atoms with Gasteiger partial charge in [-0.05, 0) is 37.1 Å². The minimum Gasteiger partial charge on any atom is -0.399 e. The van der Waals surface area contributed by atoms with E-state index in [2.05, 4.69) is 5.32 Å². The highest BCUT2D eigenvalue weighted by atomic mass is 16.5. The number of benzene rings is 1. The minimum absolute atomic E-state index is 0.0471. The number of rotatable bonds is 4. The predicted molar refractivity (Wildman–Crippen MR) is 65.5 cm³/mol. The van der Waals surface area contributed by atoms with Gasteiger partial charge in [0.15, 0.2) is 0 Å². The summed E-state index contributed by atoms with van der Waals surface area (Å²) in [6.07, 6.45) is 0.360. The maximum absolute atomic E-state index is 11.5. The first-order valence-corrected chi connectivity index (χ1v) is 5.20. The SMILES string of the molecule is COCCC(=O)Nc1cc(C)c(N)cc1C. The summed E-state index contributed by atoms with van der Waals surface area (Å²) in [7, 11) is 1.58. The number of carbonyl (C=O) groups excluding carboxylic acids is 1. The number of nitrogen functional groups attached to an aromatic ring is 1. The van der Waals surface area contributed by atoms with Gasteiger partial charge in [0.1, 0.15) is 0 Å². The second-order valence-electron chi connectivity index (χ2n) is 3.81. The van der Waals surface area contributed by atoms with Crippen molar-refractivity contribution in [3.8, 4) is 0 Å². The van der Waals surface area contributed by atoms with Crippen LogP contribution >= 0.6 is 0 Å². The van der Waals surface area contributed by atoms with Gasteiger partial charge in [-0.15, -0.1) is 0 Å². The number of ether oxygens (including phenoxy) is 1. The Hall–Kier alpha value is -1.55. The van der Waals surface area contributed by atoms with Crippen LogP contribution in [-0.4, -0.2) is 19.6 Å². The second-order valence-corrected chi connectivity index (χ2v) is 3.81. The Morgan fingerprint density at radius 3 is 2.69 bits per heavy atom. The van der Waals surface area contributed by atoms with E-state index in [1.54, 1.807) is 7.11 Å². The van der Waals surface area contributed by atoms with Crippen molar-refractivity contribution in [3.63, 3.8) is 0 Å². The largest absolute Gasteiger partial charge is 0.399 e. The lowest BCUT2D eigenvalue weighted by Crippen LogP contribution is -2.14. The van der Waals surface area contributed by atoms with E-state index in [0.29, 0.717) is 13.0 Å². The molecular formula is C12H18N2O2. The summed E-state index contributed by atoms with van der Waals surface area (Å²) in [6.45, 7) is 4.26. The van der Waals surface area contributed by atoms with Gasteiger partial charge in [-0.25, -0.2) is 0 Å². The van der Waals surface area contributed by atoms with Crippen LogP contribution in [0, 0.1) is 13.8 Å². The van der Waals surface area contributed by atoms with E-state index < -0.39 is 0 Å². The molecule has 1 aromatic carbocycles. The average molecular weight is 222 g/mol. The van der Waals surface area contributed by atoms with Crippen molar-refractivity contribution in [2.45, 2.75) is 20.3 Å². The van der Waals surface area contributed by atoms with Crippen molar-refractivity contribution in [1.29, 1.82) is 0 Å². The molecule has 0 saturated carbocycles. The molecule has 1 rings (SSSR count). The molecule has 0 aliphatic rings. The molecule has 0 radical (unpaired) electrons. The van der Waals surface area contributed by atoms with Crippen LogP contribution in [0.3, 0.4) is 0 Å². The van der Waals surface area contributed by atoms with E-state index in [0.717, 1.165) is 22.5 Å². The monoisotopic (exact) mass is 222 g/mol. The minimum atomic E-state index is -0.0471. The number of aryl methyl sites for hydroxylation is 2. The molecule has 0 aliphatic heterocycles. The van der Waals surface area contributed by atoms with Gasteiger partial charge in [0.05, 0.1) is 13.0 Å². The lowest BCUT2D eigenvalue weighted by Gasteiger charge is -2.11. The van der Waals surface area contributed by atoms with E-state index in [1.165, 1.54) is 0 Å². The summed E-state index contributed by atoms with van der Waals surface area (Å²) >= 11 is 0. The lowest BCUT2D eigenvalue weighted by molar-refractivity contribution is -0.117. The van der Waals surface area contributed by atoms with Gasteiger partial charge in [0.2, 0.25) is 5.91 Å². The Morgan fingerprint density at radius 1 is 1.38 bits per heavy atom. The first-order valence-electron chi connectivity index (χ1n) is 5.20. The molecule has 0 aromatic heterocycles. The Bertz CT molecular complexity index is 389. The number of amides is 1. The van der Waals surface area contributed by atoms with Crippen molar-refractivity contribution in [1.82, 2.24) is 0 Å². The molecule has 0 saturated heterocycles. The molecule has 4 heteroatoms. The number of carbonyl (C=O) groups is 1. The summed E-state index contributed by atoms with van der Waals surface area (Å²) in [5.41, 5.74) is 9.26. The van der Waals surface area contributed by atoms with Gasteiger partial charge < -0.3 is 15.8 Å². The highest BCUT2D eigenvalue weighted by molar-refractivity contribution is 5.92. The van der Waals surface area contributed by atoms with Crippen LogP contribution in [0.25, 0.3) is 0 Å². The molecule has 0 spiro atoms. The lowest BCUT2D eigenvalue weighted by atomic mass is 10.1. The number of methoxy groups -OCH3 is 1. The Kier molecular flexibility index (Phi) is 4.31. The summed E-state index contributed by atoms with van der Waals surface area (Å²) in [6, 6.07) is 3.75. The number of anilines is 2. The zero-order valence-corrected chi connectivity index (χ0v) is 9.96. The van der Waals surface area contributed by atoms with Gasteiger partial charge in [-0.1, -0.05) is 0 Å². The van der Waals surface area contributed by atoms with E-state index >= 15 is 0 Å². The normalized spacial score (nSPS) is 10.2. The smallest absolute Gasteiger partial charge is 0.226 e. The van der Waals surface area contributed by atoms with E-state index in [9.17, 15) is 4.79 Å². The van der Waals surface area contributed by atoms with Gasteiger partial charge in [-0.3, -0.25) is 4.79 Å². The molecule has 1 amide bonds. The van der Waals surface area contributed by atoms with Crippen molar-refractivity contribution in [2.75, 3.05) is 24.8 Å². The quantitative estimate of drug-likeness (QED) is 0.764. The molecule has 1 aromatic rings. The maximum atomic E-state index is 11.5. The summed E-state index contributed by atoms with van der Waals surface area (Å²) in [5, 5.41) is 2.84. The van der Waals surface area contributed by atoms with Crippen LogP contribution in [0.15, 0.2) is 12.1 Å². The highest BCUT2D eigenvalue weighted by Crippen LogP contribution is 2.22. The zero-order valence-electron chi connectivity index (χ0n) is 9.96. The highest BCUT2D eigenvalue weighted by Gasteiger charge is 2.06. The molecular weight excluding hydrogens is 204 g/mol. The molecule has 16 heavy (non-hydrogen) atoms. The van der Waals surface area contributed by atoms with Gasteiger partial charge in [0.25, 0.3) is 0 Å². The fourth-order valence-electron chi connectivity index (χ4n) is 1.38. The molecule has 0 fully saturated rings. The van der Waals surface area contributed by atoms with E-state index in [1.807, 2.05) is 26.0 Å². The number of nitrogens with two attached hydrogens (primary N) is 1. The van der Waals surface area contributed by atoms with Gasteiger partial charge in [0, 0.05) is 18.5 Å². The molecule has 0 atom stereocenters. The molecule has 88 valence electrons. The van der Waals surface area contributed by atoms with Gasteiger partial charge >= 0.3 is 0 Å². The third-order valence-electron chi connectivity index (χ3n) is 2.42. The van der Waals surface area contributed by atoms with Crippen molar-refractivity contribution >= 4 is 17.3 Å². The van der Waals surface area contributed by atoms with Crippen LogP contribution in [0.2, 0.25) is 0 Å². The third-order valence-corrected chi connectivity index (χ3v) is 2.42. The average Bonchev–Trinajstić information content (AvgIpc) is 2.23. The molecule has 0 bridgehead atoms. The third kappa shape index (κ3) is 3.24. The molecule has 0 heterocycles. The number of hydrogen-bond donors (Lipinski definition) is 2. The van der Waals surface area contributed by atoms with Crippen LogP contribution in [0.4, 0.5) is 11.4 Å². The van der Waals surface area contributed by atoms with Crippen molar-refractivity contribution in [3.05, 3.63) is 23.3 Å². The van der Waals surface area contributed by atoms with E-state index in [-0.39, 0.29) is 5.91 Å². The Morgan fingerprint density at radius 2 is 2.06 bits per heavy atom. The van der Waals surface area contributed by atoms with Crippen LogP contribution in [0.5, 0.6) is 0 Å². The molecule has 4 nitrogen and oxygen atoms in total. The van der Waals surface area contributed by atoms with Gasteiger partial charge in [-0.2, -0.15) is 0 Å². The van der Waals surface area contributed by atoms with Crippen molar-refractivity contribution in [2.24, 2.45) is 0 Å². The first kappa shape index (κ1) is 12.5. The fraction of sp³-hybridized carbons (Fsp3) is 0.417. The molecule has 0 aliphatic carbocycles. The molecule has 3 N–H and O–H groups in total. The Balaban J connectivity index is 2.73. The standard InChI is InChI=1S/C12H18N2O2/c1-8-7-11(9(2)6-10(8)13)14-12(15)4-5-16-3/h6-7H,4-5,13H2,1-3H3,(H,14,15). The van der Waals surface area contributed by atoms with Crippen LogP contribution < -0.4 is 11.1 Å². The van der Waals surface area contributed by atoms with E-state index in [4.69, 9.17) is 10.5 Å². The number of hydrogen-bond acceptors (Lipinski definition) is 3. The van der Waals surface area contributed by atoms with Crippen LogP contribution in [0.1, 0.15) is 17.5 Å². The second kappa shape index (κ2) is 5.51. The topological polar surface area (TPSA) is 64.3 Å². The molecule has 0 unspecified atom stereocenters. The fourth-order valence-corrected chi connectivity index (χ4v) is 1.38. The summed E-state index contributed by atoms with van der Waals surface area (Å²) in [5.74, 6) is -0.0471. The van der Waals surface area contributed by atoms with Crippen LogP contribution in [-0.2, 0) is 9.53 Å². The number of nitrogens with one attached hydrogen (secondary N) is 1. The predicted octanol–water partition coefficient (Wildman–Crippen LogP) is 1.86. The zero-order chi connectivity index (χ0) is 12.1. The summed E-state index contributed by atoms with van der Waals surface area (Å²) in [4.78, 5) is 11.5. The first-order chi connectivity index (χ1) is 7.54. The Labute approximate surface area is 95.8 Å².